The van der Waals surface area contributed by atoms with E-state index in [-0.39, 0.29) is 0 Å². The lowest BCUT2D eigenvalue weighted by molar-refractivity contribution is 0.432. The highest BCUT2D eigenvalue weighted by Gasteiger charge is 2.34. The Morgan fingerprint density at radius 3 is 2.20 bits per heavy atom. The zero-order chi connectivity index (χ0) is 14.6. The van der Waals surface area contributed by atoms with Crippen LogP contribution in [0.15, 0.2) is 24.3 Å². The molecule has 1 nitrogen and oxygen atoms in total. The third-order valence-corrected chi connectivity index (χ3v) is 9.80. The summed E-state index contributed by atoms with van der Waals surface area (Å²) in [5, 5.41) is 9.39. The van der Waals surface area contributed by atoms with Gasteiger partial charge in [0.2, 0.25) is 0 Å². The molecule has 1 saturated carbocycles. The van der Waals surface area contributed by atoms with E-state index >= 15 is 0 Å². The summed E-state index contributed by atoms with van der Waals surface area (Å²) in [6.07, 6.45) is 8.31. The van der Waals surface area contributed by atoms with Crippen molar-refractivity contribution in [2.24, 2.45) is 0 Å². The van der Waals surface area contributed by atoms with Gasteiger partial charge in [-0.25, -0.2) is 0 Å². The number of phenols is 1. The molecule has 112 valence electrons. The second-order valence-corrected chi connectivity index (χ2v) is 12.5. The van der Waals surface area contributed by atoms with Crippen molar-refractivity contribution in [3.63, 3.8) is 0 Å². The van der Waals surface area contributed by atoms with Crippen molar-refractivity contribution in [3.8, 4) is 5.75 Å². The molecule has 0 spiro atoms. The van der Waals surface area contributed by atoms with Crippen LogP contribution in [0, 0.1) is 0 Å². The van der Waals surface area contributed by atoms with Crippen LogP contribution in [0.3, 0.4) is 0 Å². The van der Waals surface area contributed by atoms with E-state index < -0.39 is 8.07 Å². The van der Waals surface area contributed by atoms with Gasteiger partial charge in [-0.05, 0) is 42.0 Å². The lowest BCUT2D eigenvalue weighted by Gasteiger charge is -2.38. The molecule has 0 bridgehead atoms. The lowest BCUT2D eigenvalue weighted by Crippen LogP contribution is -2.34. The van der Waals surface area contributed by atoms with Crippen molar-refractivity contribution in [1.82, 2.24) is 0 Å². The first-order chi connectivity index (χ1) is 9.53. The maximum atomic E-state index is 9.39. The van der Waals surface area contributed by atoms with Crippen LogP contribution in [0.4, 0.5) is 0 Å². The first-order valence-corrected chi connectivity index (χ1v) is 11.6. The Morgan fingerprint density at radius 1 is 1.05 bits per heavy atom. The summed E-state index contributed by atoms with van der Waals surface area (Å²) in [5.41, 5.74) is 2.46. The zero-order valence-corrected chi connectivity index (χ0v) is 14.4. The van der Waals surface area contributed by atoms with Crippen molar-refractivity contribution >= 4 is 8.07 Å². The lowest BCUT2D eigenvalue weighted by atomic mass is 9.84. The zero-order valence-electron chi connectivity index (χ0n) is 13.4. The molecular weight excluding hydrogens is 260 g/mol. The van der Waals surface area contributed by atoms with E-state index in [0.717, 1.165) is 11.5 Å². The van der Waals surface area contributed by atoms with Gasteiger partial charge in [-0.3, -0.25) is 0 Å². The first kappa shape index (κ1) is 15.6. The van der Waals surface area contributed by atoms with Gasteiger partial charge < -0.3 is 5.11 Å². The summed E-state index contributed by atoms with van der Waals surface area (Å²) in [7, 11) is -1.00. The molecule has 1 aliphatic rings. The Bertz CT molecular complexity index is 402. The van der Waals surface area contributed by atoms with E-state index in [1.807, 2.05) is 12.1 Å². The molecule has 20 heavy (non-hydrogen) atoms. The predicted octanol–water partition coefficient (Wildman–Crippen LogP) is 5.93. The molecule has 0 amide bonds. The van der Waals surface area contributed by atoms with Crippen LogP contribution < -0.4 is 0 Å². The van der Waals surface area contributed by atoms with Crippen molar-refractivity contribution in [2.75, 3.05) is 0 Å². The highest BCUT2D eigenvalue weighted by atomic mass is 28.3. The standard InChI is InChI=1S/C18H30OSi/c1-4-5-14-20(2,3)18-12-8-16(9-13-18)15-6-10-17(19)11-7-15/h6-7,10-11,16,18-19H,4-5,8-9,12-14H2,1-3H3. The van der Waals surface area contributed by atoms with Gasteiger partial charge >= 0.3 is 0 Å². The summed E-state index contributed by atoms with van der Waals surface area (Å²) in [4.78, 5) is 0. The van der Waals surface area contributed by atoms with Crippen LogP contribution in [-0.2, 0) is 0 Å². The SMILES string of the molecule is CCCC[Si](C)(C)C1CCC(c2ccc(O)cc2)CC1. The van der Waals surface area contributed by atoms with E-state index in [9.17, 15) is 5.11 Å². The summed E-state index contributed by atoms with van der Waals surface area (Å²) in [6, 6.07) is 9.40. The van der Waals surface area contributed by atoms with Crippen LogP contribution in [0.5, 0.6) is 5.75 Å². The predicted molar refractivity (Wildman–Crippen MR) is 90.3 cm³/mol. The monoisotopic (exact) mass is 290 g/mol. The Hall–Kier alpha value is -0.763. The summed E-state index contributed by atoms with van der Waals surface area (Å²) in [6.45, 7) is 7.52. The van der Waals surface area contributed by atoms with Gasteiger partial charge in [0, 0.05) is 0 Å². The van der Waals surface area contributed by atoms with Gasteiger partial charge in [0.25, 0.3) is 0 Å². The van der Waals surface area contributed by atoms with E-state index in [4.69, 9.17) is 0 Å². The number of hydrogen-bond acceptors (Lipinski definition) is 1. The van der Waals surface area contributed by atoms with Crippen molar-refractivity contribution < 1.29 is 5.11 Å². The number of unbranched alkanes of at least 4 members (excludes halogenated alkanes) is 1. The number of phenolic OH excluding ortho intramolecular Hbond substituents is 1. The first-order valence-electron chi connectivity index (χ1n) is 8.32. The Balaban J connectivity index is 1.90. The van der Waals surface area contributed by atoms with E-state index in [2.05, 4.69) is 32.2 Å². The highest BCUT2D eigenvalue weighted by Crippen LogP contribution is 2.44. The number of hydrogen-bond donors (Lipinski definition) is 1. The second kappa shape index (κ2) is 6.80. The van der Waals surface area contributed by atoms with Crippen molar-refractivity contribution in [2.45, 2.75) is 76.0 Å². The molecule has 1 fully saturated rings. The molecule has 0 atom stereocenters. The smallest absolute Gasteiger partial charge is 0.115 e. The van der Waals surface area contributed by atoms with Gasteiger partial charge in [-0.2, -0.15) is 0 Å². The van der Waals surface area contributed by atoms with Crippen LogP contribution >= 0.6 is 0 Å². The van der Waals surface area contributed by atoms with Crippen LogP contribution in [0.25, 0.3) is 0 Å². The maximum Gasteiger partial charge on any atom is 0.115 e. The second-order valence-electron chi connectivity index (χ2n) is 7.23. The van der Waals surface area contributed by atoms with Gasteiger partial charge in [0.1, 0.15) is 5.75 Å². The molecule has 1 aromatic rings. The molecule has 0 aromatic heterocycles. The molecule has 1 aliphatic carbocycles. The molecule has 1 aromatic carbocycles. The third-order valence-electron chi connectivity index (χ3n) is 5.37. The molecule has 0 heterocycles. The van der Waals surface area contributed by atoms with Crippen molar-refractivity contribution in [3.05, 3.63) is 29.8 Å². The van der Waals surface area contributed by atoms with Crippen LogP contribution in [0.1, 0.15) is 56.9 Å². The Labute approximate surface area is 125 Å². The fourth-order valence-electron chi connectivity index (χ4n) is 3.79. The molecule has 1 N–H and O–H groups in total. The third kappa shape index (κ3) is 3.88. The summed E-state index contributed by atoms with van der Waals surface area (Å²) >= 11 is 0. The Morgan fingerprint density at radius 2 is 1.65 bits per heavy atom. The van der Waals surface area contributed by atoms with Gasteiger partial charge in [-0.15, -0.1) is 0 Å². The molecule has 0 saturated heterocycles. The highest BCUT2D eigenvalue weighted by molar-refractivity contribution is 6.78. The van der Waals surface area contributed by atoms with Gasteiger partial charge in [-0.1, -0.05) is 63.9 Å². The molecule has 0 unspecified atom stereocenters. The fraction of sp³-hybridized carbons (Fsp3) is 0.667. The maximum absolute atomic E-state index is 9.39. The number of benzene rings is 1. The van der Waals surface area contributed by atoms with E-state index in [0.29, 0.717) is 5.75 Å². The van der Waals surface area contributed by atoms with Gasteiger partial charge in [0.15, 0.2) is 0 Å². The summed E-state index contributed by atoms with van der Waals surface area (Å²) < 4.78 is 0. The fourth-order valence-corrected chi connectivity index (χ4v) is 7.36. The molecule has 0 aliphatic heterocycles. The van der Waals surface area contributed by atoms with E-state index in [1.165, 1.54) is 50.1 Å². The normalized spacial score (nSPS) is 23.8. The molecule has 2 rings (SSSR count). The largest absolute Gasteiger partial charge is 0.508 e. The Kier molecular flexibility index (Phi) is 5.31. The van der Waals surface area contributed by atoms with E-state index in [1.54, 1.807) is 0 Å². The van der Waals surface area contributed by atoms with Crippen LogP contribution in [0.2, 0.25) is 24.7 Å². The topological polar surface area (TPSA) is 20.2 Å². The average molecular weight is 291 g/mol. The quantitative estimate of drug-likeness (QED) is 0.666. The molecular formula is C18H30OSi. The molecule has 0 radical (unpaired) electrons. The minimum Gasteiger partial charge on any atom is -0.508 e. The number of aromatic hydroxyl groups is 1. The van der Waals surface area contributed by atoms with Crippen molar-refractivity contribution in [1.29, 1.82) is 0 Å². The average Bonchev–Trinajstić information content (AvgIpc) is 2.46. The van der Waals surface area contributed by atoms with Crippen LogP contribution in [-0.4, -0.2) is 13.2 Å². The summed E-state index contributed by atoms with van der Waals surface area (Å²) in [5.74, 6) is 1.11. The molecule has 2 heteroatoms. The minimum atomic E-state index is -1.00. The number of rotatable bonds is 5. The van der Waals surface area contributed by atoms with Gasteiger partial charge in [0.05, 0.1) is 8.07 Å². The minimum absolute atomic E-state index is 0.385.